The summed E-state index contributed by atoms with van der Waals surface area (Å²) in [6, 6.07) is 8.15. The molecule has 2 fully saturated rings. The van der Waals surface area contributed by atoms with Crippen LogP contribution in [0.2, 0.25) is 0 Å². The normalized spacial score (nSPS) is 29.2. The van der Waals surface area contributed by atoms with Crippen molar-refractivity contribution < 1.29 is 4.39 Å². The van der Waals surface area contributed by atoms with Gasteiger partial charge in [0.2, 0.25) is 0 Å². The first-order valence-corrected chi connectivity index (χ1v) is 7.51. The van der Waals surface area contributed by atoms with E-state index in [1.807, 2.05) is 6.07 Å². The lowest BCUT2D eigenvalue weighted by Crippen LogP contribution is -2.37. The van der Waals surface area contributed by atoms with E-state index in [0.717, 1.165) is 12.1 Å². The lowest BCUT2D eigenvalue weighted by atomic mass is 9.89. The first-order valence-electron chi connectivity index (χ1n) is 7.51. The van der Waals surface area contributed by atoms with Crippen LogP contribution in [0.1, 0.15) is 43.7 Å². The summed E-state index contributed by atoms with van der Waals surface area (Å²) in [6.45, 7) is 1.84. The van der Waals surface area contributed by atoms with E-state index in [1.54, 1.807) is 6.07 Å². The molecule has 3 rings (SSSR count). The third-order valence-electron chi connectivity index (χ3n) is 4.55. The van der Waals surface area contributed by atoms with Crippen LogP contribution in [0.15, 0.2) is 24.3 Å². The van der Waals surface area contributed by atoms with Gasteiger partial charge >= 0.3 is 0 Å². The smallest absolute Gasteiger partial charge is 0.123 e. The Hall–Kier alpha value is -0.930. The molecular weight excluding hydrogens is 239 g/mol. The Balaban J connectivity index is 1.94. The number of benzene rings is 1. The summed E-state index contributed by atoms with van der Waals surface area (Å²) in [6.07, 6.45) is 6.25. The zero-order chi connectivity index (χ0) is 13.2. The molecular formula is C16H23FN2. The van der Waals surface area contributed by atoms with Gasteiger partial charge in [0.1, 0.15) is 5.82 Å². The van der Waals surface area contributed by atoms with Gasteiger partial charge in [0.05, 0.1) is 0 Å². The van der Waals surface area contributed by atoms with Crippen molar-refractivity contribution in [2.75, 3.05) is 13.1 Å². The van der Waals surface area contributed by atoms with Gasteiger partial charge in [-0.15, -0.1) is 0 Å². The molecule has 2 unspecified atom stereocenters. The average Bonchev–Trinajstić information content (AvgIpc) is 3.24. The van der Waals surface area contributed by atoms with Crippen LogP contribution in [-0.2, 0) is 0 Å². The minimum absolute atomic E-state index is 0.131. The quantitative estimate of drug-likeness (QED) is 0.907. The fourth-order valence-electron chi connectivity index (χ4n) is 3.49. The Kier molecular flexibility index (Phi) is 3.85. The highest BCUT2D eigenvalue weighted by molar-refractivity contribution is 5.22. The molecule has 2 N–H and O–H groups in total. The van der Waals surface area contributed by atoms with Crippen LogP contribution >= 0.6 is 0 Å². The highest BCUT2D eigenvalue weighted by atomic mass is 19.1. The Morgan fingerprint density at radius 2 is 2.05 bits per heavy atom. The van der Waals surface area contributed by atoms with Crippen LogP contribution in [-0.4, -0.2) is 24.0 Å². The monoisotopic (exact) mass is 262 g/mol. The molecule has 0 aromatic heterocycles. The third kappa shape index (κ3) is 2.82. The van der Waals surface area contributed by atoms with Gasteiger partial charge in [-0.3, -0.25) is 4.90 Å². The van der Waals surface area contributed by atoms with E-state index >= 15 is 0 Å². The van der Waals surface area contributed by atoms with Gasteiger partial charge in [-0.2, -0.15) is 0 Å². The zero-order valence-electron chi connectivity index (χ0n) is 11.4. The Labute approximate surface area is 114 Å². The van der Waals surface area contributed by atoms with Crippen LogP contribution in [0.4, 0.5) is 4.39 Å². The van der Waals surface area contributed by atoms with Gasteiger partial charge in [-0.1, -0.05) is 18.6 Å². The molecule has 1 saturated heterocycles. The van der Waals surface area contributed by atoms with Crippen LogP contribution in [0.5, 0.6) is 0 Å². The van der Waals surface area contributed by atoms with Crippen molar-refractivity contribution in [3.05, 3.63) is 35.6 Å². The maximum absolute atomic E-state index is 13.5. The number of nitrogens with zero attached hydrogens (tertiary/aromatic N) is 1. The first-order chi connectivity index (χ1) is 9.29. The summed E-state index contributed by atoms with van der Waals surface area (Å²) in [5.41, 5.74) is 7.12. The van der Waals surface area contributed by atoms with Crippen molar-refractivity contribution in [3.8, 4) is 0 Å². The van der Waals surface area contributed by atoms with Crippen molar-refractivity contribution in [1.29, 1.82) is 0 Å². The largest absolute Gasteiger partial charge is 0.330 e. The predicted molar refractivity (Wildman–Crippen MR) is 75.3 cm³/mol. The van der Waals surface area contributed by atoms with Crippen molar-refractivity contribution in [2.24, 2.45) is 11.7 Å². The van der Waals surface area contributed by atoms with Gasteiger partial charge in [0.25, 0.3) is 0 Å². The third-order valence-corrected chi connectivity index (χ3v) is 4.55. The fraction of sp³-hybridized carbons (Fsp3) is 0.625. The Bertz CT molecular complexity index is 431. The molecule has 1 aliphatic heterocycles. The van der Waals surface area contributed by atoms with Crippen molar-refractivity contribution >= 4 is 0 Å². The second kappa shape index (κ2) is 5.59. The molecule has 2 nitrogen and oxygen atoms in total. The van der Waals surface area contributed by atoms with Crippen LogP contribution < -0.4 is 5.73 Å². The van der Waals surface area contributed by atoms with E-state index in [9.17, 15) is 4.39 Å². The van der Waals surface area contributed by atoms with Crippen molar-refractivity contribution in [2.45, 2.75) is 44.2 Å². The molecule has 1 aliphatic carbocycles. The summed E-state index contributed by atoms with van der Waals surface area (Å²) in [5, 5.41) is 0. The molecule has 1 aromatic rings. The van der Waals surface area contributed by atoms with E-state index in [-0.39, 0.29) is 5.82 Å². The Morgan fingerprint density at radius 1 is 1.21 bits per heavy atom. The number of likely N-dealkylation sites (tertiary alicyclic amines) is 1. The van der Waals surface area contributed by atoms with Crippen molar-refractivity contribution in [3.63, 3.8) is 0 Å². The summed E-state index contributed by atoms with van der Waals surface area (Å²) >= 11 is 0. The van der Waals surface area contributed by atoms with E-state index in [4.69, 9.17) is 5.73 Å². The first kappa shape index (κ1) is 13.1. The van der Waals surface area contributed by atoms with E-state index in [2.05, 4.69) is 11.0 Å². The molecule has 0 bridgehead atoms. The number of hydrogen-bond acceptors (Lipinski definition) is 2. The molecule has 0 spiro atoms. The second-order valence-electron chi connectivity index (χ2n) is 5.96. The predicted octanol–water partition coefficient (Wildman–Crippen LogP) is 3.09. The second-order valence-corrected chi connectivity index (χ2v) is 5.96. The molecule has 1 saturated carbocycles. The SMILES string of the molecule is NCC1CCCCN(C2CC2)C1c1cccc(F)c1. The molecule has 19 heavy (non-hydrogen) atoms. The van der Waals surface area contributed by atoms with Gasteiger partial charge in [-0.05, 0) is 62.4 Å². The van der Waals surface area contributed by atoms with Crippen LogP contribution in [0, 0.1) is 11.7 Å². The average molecular weight is 262 g/mol. The molecule has 1 aromatic carbocycles. The molecule has 0 amide bonds. The molecule has 104 valence electrons. The highest BCUT2D eigenvalue weighted by Crippen LogP contribution is 2.41. The van der Waals surface area contributed by atoms with Crippen LogP contribution in [0.3, 0.4) is 0 Å². The summed E-state index contributed by atoms with van der Waals surface area (Å²) in [4.78, 5) is 2.60. The number of rotatable bonds is 3. The van der Waals surface area contributed by atoms with Crippen molar-refractivity contribution in [1.82, 2.24) is 4.90 Å². The topological polar surface area (TPSA) is 29.3 Å². The minimum Gasteiger partial charge on any atom is -0.330 e. The van der Waals surface area contributed by atoms with E-state index in [1.165, 1.54) is 38.2 Å². The fourth-order valence-corrected chi connectivity index (χ4v) is 3.49. The maximum Gasteiger partial charge on any atom is 0.123 e. The highest BCUT2D eigenvalue weighted by Gasteiger charge is 2.38. The number of nitrogens with two attached hydrogens (primary N) is 1. The Morgan fingerprint density at radius 3 is 2.74 bits per heavy atom. The standard InChI is InChI=1S/C16H23FN2/c17-14-6-3-5-12(10-14)16-13(11-18)4-1-2-9-19(16)15-7-8-15/h3,5-6,10,13,15-16H,1-2,4,7-9,11,18H2. The van der Waals surface area contributed by atoms with Gasteiger partial charge < -0.3 is 5.73 Å². The van der Waals surface area contributed by atoms with Crippen LogP contribution in [0.25, 0.3) is 0 Å². The van der Waals surface area contributed by atoms with Gasteiger partial charge in [0, 0.05) is 12.1 Å². The zero-order valence-corrected chi connectivity index (χ0v) is 11.4. The molecule has 2 atom stereocenters. The summed E-state index contributed by atoms with van der Waals surface area (Å²) < 4.78 is 13.5. The lowest BCUT2D eigenvalue weighted by molar-refractivity contribution is 0.149. The van der Waals surface area contributed by atoms with Gasteiger partial charge in [-0.25, -0.2) is 4.39 Å². The summed E-state index contributed by atoms with van der Waals surface area (Å²) in [7, 11) is 0. The van der Waals surface area contributed by atoms with E-state index < -0.39 is 0 Å². The molecule has 3 heteroatoms. The van der Waals surface area contributed by atoms with Gasteiger partial charge in [0.15, 0.2) is 0 Å². The number of halogens is 1. The molecule has 0 radical (unpaired) electrons. The van der Waals surface area contributed by atoms with E-state index in [0.29, 0.717) is 24.5 Å². The lowest BCUT2D eigenvalue weighted by Gasteiger charge is -2.35. The molecule has 2 aliphatic rings. The minimum atomic E-state index is -0.131. The molecule has 1 heterocycles. The number of hydrogen-bond donors (Lipinski definition) is 1. The summed E-state index contributed by atoms with van der Waals surface area (Å²) in [5.74, 6) is 0.332. The maximum atomic E-state index is 13.5.